The molecule has 10 heteroatoms. The summed E-state index contributed by atoms with van der Waals surface area (Å²) in [4.78, 5) is 14.5. The fourth-order valence-corrected chi connectivity index (χ4v) is 7.63. The lowest BCUT2D eigenvalue weighted by Crippen LogP contribution is -2.13. The minimum absolute atomic E-state index is 0.0392. The van der Waals surface area contributed by atoms with Crippen molar-refractivity contribution in [2.24, 2.45) is 0 Å². The van der Waals surface area contributed by atoms with E-state index in [4.69, 9.17) is 4.74 Å². The van der Waals surface area contributed by atoms with E-state index in [1.165, 1.54) is 9.69 Å². The molecule has 0 unspecified atom stereocenters. The SMILES string of the molecule is O=C(Cc1ccc(SP(I)I)cc1)OCn1nnc(Cc2ccccc2)n1. The molecule has 6 nitrogen and oxygen atoms in total. The standard InChI is InChI=1S/C17H15I2N4O2PS/c18-26(19)27-15-8-6-14(7-9-15)11-17(24)25-12-23-21-16(20-22-23)10-13-4-2-1-3-5-13/h1-9H,10-12H2. The predicted octanol–water partition coefficient (Wildman–Crippen LogP) is 5.20. The van der Waals surface area contributed by atoms with Crippen molar-refractivity contribution in [2.75, 3.05) is 0 Å². The van der Waals surface area contributed by atoms with Crippen LogP contribution in [0.4, 0.5) is 0 Å². The van der Waals surface area contributed by atoms with Crippen molar-refractivity contribution < 1.29 is 9.53 Å². The summed E-state index contributed by atoms with van der Waals surface area (Å²) in [5, 5.41) is 12.2. The van der Waals surface area contributed by atoms with Crippen LogP contribution in [0, 0.1) is 0 Å². The Kier molecular flexibility index (Phi) is 8.28. The first kappa shape index (κ1) is 20.9. The lowest BCUT2D eigenvalue weighted by molar-refractivity contribution is -0.147. The zero-order valence-electron chi connectivity index (χ0n) is 14.0. The van der Waals surface area contributed by atoms with E-state index in [9.17, 15) is 4.79 Å². The van der Waals surface area contributed by atoms with Gasteiger partial charge in [-0.1, -0.05) is 53.8 Å². The number of hydrogen-bond acceptors (Lipinski definition) is 6. The Hall–Kier alpha value is -0.780. The first-order chi connectivity index (χ1) is 13.1. The number of rotatable bonds is 8. The molecule has 0 spiro atoms. The first-order valence-electron chi connectivity index (χ1n) is 7.93. The number of benzene rings is 2. The summed E-state index contributed by atoms with van der Waals surface area (Å²) in [5.41, 5.74) is 2.03. The van der Waals surface area contributed by atoms with Gasteiger partial charge in [0, 0.05) is 11.3 Å². The van der Waals surface area contributed by atoms with Gasteiger partial charge in [-0.15, -0.1) is 15.0 Å². The number of carbonyl (C=O) groups is 1. The molecule has 0 fully saturated rings. The van der Waals surface area contributed by atoms with E-state index >= 15 is 0 Å². The van der Waals surface area contributed by atoms with Crippen molar-refractivity contribution in [1.82, 2.24) is 20.2 Å². The Balaban J connectivity index is 1.46. The molecule has 0 saturated carbocycles. The molecule has 0 aliphatic heterocycles. The Labute approximate surface area is 188 Å². The fourth-order valence-electron chi connectivity index (χ4n) is 2.28. The van der Waals surface area contributed by atoms with Crippen LogP contribution in [-0.2, 0) is 29.1 Å². The molecule has 0 bridgehead atoms. The third-order valence-electron chi connectivity index (χ3n) is 3.49. The molecule has 0 aliphatic rings. The van der Waals surface area contributed by atoms with Crippen molar-refractivity contribution >= 4 is 63.8 Å². The van der Waals surface area contributed by atoms with Crippen molar-refractivity contribution in [3.63, 3.8) is 0 Å². The average molecular weight is 624 g/mol. The van der Waals surface area contributed by atoms with Crippen LogP contribution in [0.5, 0.6) is 0 Å². The van der Waals surface area contributed by atoms with Gasteiger partial charge in [-0.2, -0.15) is 0 Å². The highest BCUT2D eigenvalue weighted by molar-refractivity contribution is 14.3. The van der Waals surface area contributed by atoms with Gasteiger partial charge in [0.15, 0.2) is 5.82 Å². The molecule has 1 aromatic heterocycles. The Morgan fingerprint density at radius 2 is 1.81 bits per heavy atom. The third-order valence-corrected chi connectivity index (χ3v) is 8.70. The summed E-state index contributed by atoms with van der Waals surface area (Å²) in [6.07, 6.45) is 0.815. The summed E-state index contributed by atoms with van der Waals surface area (Å²) in [7, 11) is 0. The van der Waals surface area contributed by atoms with Crippen molar-refractivity contribution in [3.05, 3.63) is 71.5 Å². The molecule has 0 atom stereocenters. The van der Waals surface area contributed by atoms with E-state index in [0.29, 0.717) is 12.2 Å². The van der Waals surface area contributed by atoms with Crippen molar-refractivity contribution in [1.29, 1.82) is 0 Å². The number of carbonyl (C=O) groups excluding carboxylic acids is 1. The molecular formula is C17H15I2N4O2PS. The molecule has 27 heavy (non-hydrogen) atoms. The number of aromatic nitrogens is 4. The van der Waals surface area contributed by atoms with Gasteiger partial charge >= 0.3 is 5.97 Å². The van der Waals surface area contributed by atoms with Crippen molar-refractivity contribution in [2.45, 2.75) is 24.5 Å². The molecule has 0 saturated heterocycles. The Morgan fingerprint density at radius 1 is 1.07 bits per heavy atom. The molecule has 0 amide bonds. The number of nitrogens with zero attached hydrogens (tertiary/aromatic N) is 4. The average Bonchev–Trinajstić information content (AvgIpc) is 3.09. The maximum absolute atomic E-state index is 12.0. The minimum Gasteiger partial charge on any atom is -0.440 e. The van der Waals surface area contributed by atoms with Gasteiger partial charge in [-0.3, -0.25) is 4.79 Å². The quantitative estimate of drug-likeness (QED) is 0.195. The molecule has 2 aromatic carbocycles. The van der Waals surface area contributed by atoms with Crippen LogP contribution in [0.1, 0.15) is 17.0 Å². The normalized spacial score (nSPS) is 10.9. The lowest BCUT2D eigenvalue weighted by Gasteiger charge is -2.05. The van der Waals surface area contributed by atoms with Gasteiger partial charge < -0.3 is 4.74 Å². The molecule has 140 valence electrons. The first-order valence-corrected chi connectivity index (χ1v) is 16.3. The predicted molar refractivity (Wildman–Crippen MR) is 124 cm³/mol. The van der Waals surface area contributed by atoms with Crippen LogP contribution >= 0.6 is 57.9 Å². The summed E-state index contributed by atoms with van der Waals surface area (Å²) < 4.78 is 5.14. The Morgan fingerprint density at radius 3 is 2.52 bits per heavy atom. The van der Waals surface area contributed by atoms with Gasteiger partial charge in [0.2, 0.25) is 6.73 Å². The lowest BCUT2D eigenvalue weighted by atomic mass is 10.1. The molecular weight excluding hydrogens is 609 g/mol. The smallest absolute Gasteiger partial charge is 0.312 e. The van der Waals surface area contributed by atoms with Crippen LogP contribution in [-0.4, -0.2) is 26.2 Å². The monoisotopic (exact) mass is 624 g/mol. The largest absolute Gasteiger partial charge is 0.440 e. The van der Waals surface area contributed by atoms with Crippen LogP contribution < -0.4 is 0 Å². The second kappa shape index (κ2) is 10.7. The molecule has 0 aliphatic carbocycles. The fraction of sp³-hybridized carbons (Fsp3) is 0.176. The zero-order chi connectivity index (χ0) is 19.1. The summed E-state index contributed by atoms with van der Waals surface area (Å²) >= 11 is 6.67. The number of hydrogen-bond donors (Lipinski definition) is 0. The topological polar surface area (TPSA) is 69.9 Å². The van der Waals surface area contributed by atoms with E-state index in [1.807, 2.05) is 66.0 Å². The highest BCUT2D eigenvalue weighted by Crippen LogP contribution is 2.67. The van der Waals surface area contributed by atoms with Gasteiger partial charge in [-0.05, 0) is 72.6 Å². The van der Waals surface area contributed by atoms with Gasteiger partial charge in [0.25, 0.3) is 0 Å². The summed E-state index contributed by atoms with van der Waals surface area (Å²) in [6, 6.07) is 17.9. The van der Waals surface area contributed by atoms with Crippen LogP contribution in [0.15, 0.2) is 59.5 Å². The third kappa shape index (κ3) is 7.28. The summed E-state index contributed by atoms with van der Waals surface area (Å²) in [6.45, 7) is -0.0392. The molecule has 0 radical (unpaired) electrons. The van der Waals surface area contributed by atoms with E-state index < -0.39 is 0 Å². The number of ether oxygens (including phenoxy) is 1. The number of halogens is 2. The maximum atomic E-state index is 12.0. The second-order valence-corrected chi connectivity index (χ2v) is 23.5. The van der Waals surface area contributed by atoms with E-state index in [0.717, 1.165) is 11.1 Å². The Bertz CT molecular complexity index is 878. The van der Waals surface area contributed by atoms with Gasteiger partial charge in [0.05, 0.1) is 8.83 Å². The molecule has 0 N–H and O–H groups in total. The highest BCUT2D eigenvalue weighted by Gasteiger charge is 2.09. The number of esters is 1. The van der Waals surface area contributed by atoms with Gasteiger partial charge in [-0.25, -0.2) is 0 Å². The minimum atomic E-state index is -0.317. The van der Waals surface area contributed by atoms with Crippen LogP contribution in [0.3, 0.4) is 0 Å². The highest BCUT2D eigenvalue weighted by atomic mass is 127. The summed E-state index contributed by atoms with van der Waals surface area (Å²) in [5.74, 6) is 0.276. The van der Waals surface area contributed by atoms with Gasteiger partial charge in [0.1, 0.15) is 0 Å². The van der Waals surface area contributed by atoms with E-state index in [2.05, 4.69) is 59.5 Å². The molecule has 3 aromatic rings. The van der Waals surface area contributed by atoms with Crippen molar-refractivity contribution in [3.8, 4) is 0 Å². The van der Waals surface area contributed by atoms with Crippen LogP contribution in [0.2, 0.25) is 0 Å². The second-order valence-electron chi connectivity index (χ2n) is 5.50. The maximum Gasteiger partial charge on any atom is 0.312 e. The van der Waals surface area contributed by atoms with Crippen LogP contribution in [0.25, 0.3) is 0 Å². The molecule has 1 heterocycles. The molecule has 3 rings (SSSR count). The van der Waals surface area contributed by atoms with E-state index in [1.54, 1.807) is 0 Å². The van der Waals surface area contributed by atoms with E-state index in [-0.39, 0.29) is 21.5 Å². The zero-order valence-corrected chi connectivity index (χ0v) is 20.1. The number of tetrazole rings is 1.